The molecule has 1 aliphatic rings. The highest BCUT2D eigenvalue weighted by Gasteiger charge is 2.21. The van der Waals surface area contributed by atoms with Gasteiger partial charge in [-0.3, -0.25) is 4.79 Å². The maximum atomic E-state index is 11.7. The monoisotopic (exact) mass is 352 g/mol. The van der Waals surface area contributed by atoms with Crippen LogP contribution in [0, 0.1) is 11.3 Å². The first-order valence-electron chi connectivity index (χ1n) is 7.11. The summed E-state index contributed by atoms with van der Waals surface area (Å²) in [4.78, 5) is 12.3. The van der Waals surface area contributed by atoms with Crippen molar-refractivity contribution in [1.82, 2.24) is 5.32 Å². The van der Waals surface area contributed by atoms with E-state index in [0.29, 0.717) is 27.1 Å². The molecule has 118 valence electrons. The molecule has 3 rings (SSSR count). The van der Waals surface area contributed by atoms with E-state index in [1.165, 1.54) is 11.8 Å². The Morgan fingerprint density at radius 1 is 1.25 bits per heavy atom. The van der Waals surface area contributed by atoms with Crippen molar-refractivity contribution in [1.29, 1.82) is 5.26 Å². The summed E-state index contributed by atoms with van der Waals surface area (Å²) in [5.41, 5.74) is 2.39. The number of nitriles is 1. The fourth-order valence-electron chi connectivity index (χ4n) is 2.16. The van der Waals surface area contributed by atoms with Crippen molar-refractivity contribution in [3.05, 3.63) is 70.1 Å². The van der Waals surface area contributed by atoms with E-state index in [9.17, 15) is 4.79 Å². The number of amides is 1. The lowest BCUT2D eigenvalue weighted by molar-refractivity contribution is -0.115. The van der Waals surface area contributed by atoms with Gasteiger partial charge in [-0.1, -0.05) is 48.2 Å². The van der Waals surface area contributed by atoms with Crippen molar-refractivity contribution in [3.8, 4) is 11.8 Å². The van der Waals surface area contributed by atoms with Crippen LogP contribution in [0.25, 0.3) is 6.08 Å². The number of thiocarbonyl (C=S) groups is 1. The van der Waals surface area contributed by atoms with Crippen LogP contribution in [0.15, 0.2) is 53.4 Å². The summed E-state index contributed by atoms with van der Waals surface area (Å²) in [6.45, 7) is 0.370. The number of nitrogens with one attached hydrogen (secondary N) is 1. The topological polar surface area (TPSA) is 62.1 Å². The number of carbonyl (C=O) groups is 1. The summed E-state index contributed by atoms with van der Waals surface area (Å²) in [6, 6.07) is 16.9. The van der Waals surface area contributed by atoms with Gasteiger partial charge in [0.2, 0.25) is 0 Å². The van der Waals surface area contributed by atoms with Crippen LogP contribution in [-0.2, 0) is 11.4 Å². The number of nitrogens with zero attached hydrogens (tertiary/aromatic N) is 1. The predicted octanol–water partition coefficient (Wildman–Crippen LogP) is 3.63. The number of carbonyl (C=O) groups excluding carboxylic acids is 1. The second-order valence-corrected chi connectivity index (χ2v) is 6.74. The van der Waals surface area contributed by atoms with Crippen LogP contribution >= 0.6 is 24.0 Å². The zero-order chi connectivity index (χ0) is 16.9. The van der Waals surface area contributed by atoms with Crippen LogP contribution in [0.1, 0.15) is 16.7 Å². The number of thioether (sulfide) groups is 1. The van der Waals surface area contributed by atoms with E-state index < -0.39 is 0 Å². The average molecular weight is 352 g/mol. The van der Waals surface area contributed by atoms with Crippen LogP contribution in [0.2, 0.25) is 0 Å². The van der Waals surface area contributed by atoms with Gasteiger partial charge in [0.25, 0.3) is 5.91 Å². The van der Waals surface area contributed by atoms with Crippen LogP contribution in [0.4, 0.5) is 0 Å². The van der Waals surface area contributed by atoms with Gasteiger partial charge in [-0.2, -0.15) is 5.26 Å². The fraction of sp³-hybridized carbons (Fsp3) is 0.0556. The van der Waals surface area contributed by atoms with E-state index in [1.807, 2.05) is 36.4 Å². The molecule has 4 nitrogen and oxygen atoms in total. The van der Waals surface area contributed by atoms with Crippen molar-refractivity contribution in [2.75, 3.05) is 0 Å². The molecular formula is C18H12N2O2S2. The number of rotatable bonds is 4. The van der Waals surface area contributed by atoms with Crippen LogP contribution in [-0.4, -0.2) is 10.2 Å². The molecule has 1 saturated heterocycles. The van der Waals surface area contributed by atoms with Gasteiger partial charge in [0.15, 0.2) is 0 Å². The minimum absolute atomic E-state index is 0.176. The molecule has 6 heteroatoms. The smallest absolute Gasteiger partial charge is 0.263 e. The van der Waals surface area contributed by atoms with E-state index in [1.54, 1.807) is 18.2 Å². The summed E-state index contributed by atoms with van der Waals surface area (Å²) in [6.07, 6.45) is 1.78. The number of ether oxygens (including phenoxy) is 1. The van der Waals surface area contributed by atoms with Gasteiger partial charge in [0.05, 0.1) is 16.5 Å². The quantitative estimate of drug-likeness (QED) is 0.672. The van der Waals surface area contributed by atoms with Gasteiger partial charge in [-0.25, -0.2) is 0 Å². The summed E-state index contributed by atoms with van der Waals surface area (Å²) in [5, 5.41) is 11.5. The lowest BCUT2D eigenvalue weighted by Crippen LogP contribution is -2.17. The largest absolute Gasteiger partial charge is 0.489 e. The maximum absolute atomic E-state index is 11.7. The summed E-state index contributed by atoms with van der Waals surface area (Å²) in [7, 11) is 0. The molecule has 0 spiro atoms. The molecule has 0 aromatic heterocycles. The van der Waals surface area contributed by atoms with E-state index >= 15 is 0 Å². The maximum Gasteiger partial charge on any atom is 0.263 e. The van der Waals surface area contributed by atoms with Crippen molar-refractivity contribution in [2.45, 2.75) is 6.61 Å². The number of hydrogen-bond donors (Lipinski definition) is 1. The van der Waals surface area contributed by atoms with Crippen molar-refractivity contribution in [2.24, 2.45) is 0 Å². The summed E-state index contributed by atoms with van der Waals surface area (Å²) in [5.74, 6) is 0.516. The second-order valence-electron chi connectivity index (χ2n) is 5.03. The van der Waals surface area contributed by atoms with Crippen molar-refractivity contribution in [3.63, 3.8) is 0 Å². The van der Waals surface area contributed by atoms with Gasteiger partial charge in [0.1, 0.15) is 16.7 Å². The minimum atomic E-state index is -0.176. The Labute approximate surface area is 149 Å². The minimum Gasteiger partial charge on any atom is -0.489 e. The molecular weight excluding hydrogens is 340 g/mol. The highest BCUT2D eigenvalue weighted by molar-refractivity contribution is 8.26. The number of benzene rings is 2. The standard InChI is InChI=1S/C18H12N2O2S2/c19-10-13-4-1-5-14(7-13)11-22-15-6-2-3-12(8-15)9-16-17(21)20-18(23)24-16/h1-9H,11H2,(H,20,21,23)/b16-9-. The molecule has 1 N–H and O–H groups in total. The zero-order valence-corrected chi connectivity index (χ0v) is 14.1. The third-order valence-electron chi connectivity index (χ3n) is 3.26. The predicted molar refractivity (Wildman–Crippen MR) is 98.2 cm³/mol. The molecule has 2 aromatic rings. The average Bonchev–Trinajstić information content (AvgIpc) is 2.91. The van der Waals surface area contributed by atoms with Crippen molar-refractivity contribution < 1.29 is 9.53 Å². The first-order valence-corrected chi connectivity index (χ1v) is 8.33. The first-order chi connectivity index (χ1) is 11.6. The van der Waals surface area contributed by atoms with Crippen LogP contribution < -0.4 is 10.1 Å². The summed E-state index contributed by atoms with van der Waals surface area (Å²) < 4.78 is 6.24. The molecule has 2 aromatic carbocycles. The Kier molecular flexibility index (Phi) is 4.94. The molecule has 0 radical (unpaired) electrons. The lowest BCUT2D eigenvalue weighted by Gasteiger charge is -2.07. The highest BCUT2D eigenvalue weighted by Crippen LogP contribution is 2.27. The second kappa shape index (κ2) is 7.30. The Morgan fingerprint density at radius 2 is 2.08 bits per heavy atom. The molecule has 1 fully saturated rings. The molecule has 0 aliphatic carbocycles. The Balaban J connectivity index is 1.71. The Morgan fingerprint density at radius 3 is 2.83 bits per heavy atom. The molecule has 1 heterocycles. The lowest BCUT2D eigenvalue weighted by atomic mass is 10.1. The molecule has 1 aliphatic heterocycles. The van der Waals surface area contributed by atoms with Gasteiger partial charge >= 0.3 is 0 Å². The van der Waals surface area contributed by atoms with Gasteiger partial charge in [-0.15, -0.1) is 0 Å². The van der Waals surface area contributed by atoms with Gasteiger partial charge in [-0.05, 0) is 41.5 Å². The number of hydrogen-bond acceptors (Lipinski definition) is 5. The van der Waals surface area contributed by atoms with Crippen LogP contribution in [0.3, 0.4) is 0 Å². The normalized spacial score (nSPS) is 15.2. The first kappa shape index (κ1) is 16.2. The van der Waals surface area contributed by atoms with Gasteiger partial charge in [0, 0.05) is 0 Å². The zero-order valence-electron chi connectivity index (χ0n) is 12.5. The van der Waals surface area contributed by atoms with Gasteiger partial charge < -0.3 is 10.1 Å². The van der Waals surface area contributed by atoms with E-state index in [0.717, 1.165) is 11.1 Å². The van der Waals surface area contributed by atoms with Crippen LogP contribution in [0.5, 0.6) is 5.75 Å². The fourth-order valence-corrected chi connectivity index (χ4v) is 3.21. The van der Waals surface area contributed by atoms with E-state index in [2.05, 4.69) is 11.4 Å². The molecule has 0 bridgehead atoms. The SMILES string of the molecule is N#Cc1cccc(COc2cccc(/C=C3\SC(=S)NC3=O)c2)c1. The molecule has 0 atom stereocenters. The summed E-state index contributed by atoms with van der Waals surface area (Å²) >= 11 is 6.22. The molecule has 24 heavy (non-hydrogen) atoms. The molecule has 1 amide bonds. The highest BCUT2D eigenvalue weighted by atomic mass is 32.2. The Hall–Kier alpha value is -2.62. The molecule has 0 saturated carbocycles. The third-order valence-corrected chi connectivity index (χ3v) is 4.42. The van der Waals surface area contributed by atoms with E-state index in [-0.39, 0.29) is 5.91 Å². The van der Waals surface area contributed by atoms with Crippen molar-refractivity contribution >= 4 is 40.3 Å². The third kappa shape index (κ3) is 4.02. The Bertz CT molecular complexity index is 885. The molecule has 0 unspecified atom stereocenters. The van der Waals surface area contributed by atoms with E-state index in [4.69, 9.17) is 22.2 Å².